The Kier molecular flexibility index (Phi) is 3.80. The highest BCUT2D eigenvalue weighted by Crippen LogP contribution is 2.36. The molecular formula is C16H12BrF3O. The molecule has 0 radical (unpaired) electrons. The Morgan fingerprint density at radius 2 is 1.67 bits per heavy atom. The van der Waals surface area contributed by atoms with Crippen molar-refractivity contribution >= 4 is 15.9 Å². The summed E-state index contributed by atoms with van der Waals surface area (Å²) in [5.41, 5.74) is 3.13. The van der Waals surface area contributed by atoms with Crippen LogP contribution in [0.15, 0.2) is 42.5 Å². The van der Waals surface area contributed by atoms with Gasteiger partial charge >= 0.3 is 6.18 Å². The van der Waals surface area contributed by atoms with Crippen molar-refractivity contribution in [2.75, 3.05) is 0 Å². The smallest absolute Gasteiger partial charge is 0.372 e. The Hall–Kier alpha value is -1.33. The summed E-state index contributed by atoms with van der Waals surface area (Å²) < 4.78 is 43.7. The summed E-state index contributed by atoms with van der Waals surface area (Å²) in [7, 11) is 0. The lowest BCUT2D eigenvalue weighted by Crippen LogP contribution is -2.06. The number of halogens is 4. The molecule has 0 bridgehead atoms. The van der Waals surface area contributed by atoms with Crippen molar-refractivity contribution in [3.8, 4) is 0 Å². The molecule has 1 unspecified atom stereocenters. The lowest BCUT2D eigenvalue weighted by Gasteiger charge is -2.14. The summed E-state index contributed by atoms with van der Waals surface area (Å²) in [5.74, 6) is 0. The van der Waals surface area contributed by atoms with Crippen molar-refractivity contribution in [1.29, 1.82) is 0 Å². The molecule has 0 saturated carbocycles. The molecule has 0 saturated heterocycles. The second-order valence-electron chi connectivity index (χ2n) is 5.01. The van der Waals surface area contributed by atoms with Crippen LogP contribution in [0.3, 0.4) is 0 Å². The fraction of sp³-hybridized carbons (Fsp3) is 0.250. The second kappa shape index (κ2) is 5.46. The van der Waals surface area contributed by atoms with Crippen LogP contribution >= 0.6 is 15.9 Å². The predicted molar refractivity (Wildman–Crippen MR) is 77.1 cm³/mol. The van der Waals surface area contributed by atoms with Gasteiger partial charge in [0.25, 0.3) is 0 Å². The maximum Gasteiger partial charge on any atom is 0.416 e. The summed E-state index contributed by atoms with van der Waals surface area (Å²) in [6.07, 6.45) is -4.32. The molecule has 1 nitrogen and oxygen atoms in total. The molecule has 0 aliphatic carbocycles. The minimum absolute atomic E-state index is 0.273. The van der Waals surface area contributed by atoms with Crippen molar-refractivity contribution in [3.63, 3.8) is 0 Å². The van der Waals surface area contributed by atoms with Crippen LogP contribution in [-0.2, 0) is 24.1 Å². The van der Waals surface area contributed by atoms with Gasteiger partial charge in [0.15, 0.2) is 0 Å². The zero-order valence-electron chi connectivity index (χ0n) is 11.0. The molecule has 1 atom stereocenters. The highest BCUT2D eigenvalue weighted by atomic mass is 79.9. The molecular weight excluding hydrogens is 345 g/mol. The van der Waals surface area contributed by atoms with Crippen LogP contribution in [0.1, 0.15) is 32.6 Å². The minimum atomic E-state index is -4.32. The fourth-order valence-electron chi connectivity index (χ4n) is 2.41. The Morgan fingerprint density at radius 1 is 0.952 bits per heavy atom. The first-order valence-corrected chi connectivity index (χ1v) is 7.37. The first-order chi connectivity index (χ1) is 9.95. The average Bonchev–Trinajstić information content (AvgIpc) is 2.93. The van der Waals surface area contributed by atoms with E-state index in [1.165, 1.54) is 12.1 Å². The van der Waals surface area contributed by atoms with E-state index in [1.54, 1.807) is 6.07 Å². The van der Waals surface area contributed by atoms with Gasteiger partial charge in [0.1, 0.15) is 0 Å². The third kappa shape index (κ3) is 2.99. The van der Waals surface area contributed by atoms with E-state index in [4.69, 9.17) is 4.74 Å². The summed E-state index contributed by atoms with van der Waals surface area (Å²) in [6.45, 7) is 1.16. The number of hydrogen-bond acceptors (Lipinski definition) is 1. The largest absolute Gasteiger partial charge is 0.416 e. The number of fused-ring (bicyclic) bond motifs is 1. The van der Waals surface area contributed by atoms with E-state index in [2.05, 4.69) is 15.9 Å². The van der Waals surface area contributed by atoms with Gasteiger partial charge in [-0.1, -0.05) is 52.3 Å². The van der Waals surface area contributed by atoms with Gasteiger partial charge in [0.05, 0.1) is 23.6 Å². The molecule has 1 aliphatic rings. The van der Waals surface area contributed by atoms with Gasteiger partial charge < -0.3 is 4.74 Å². The Balaban J connectivity index is 1.93. The van der Waals surface area contributed by atoms with E-state index in [1.807, 2.05) is 18.2 Å². The molecule has 1 aliphatic heterocycles. The molecule has 3 rings (SSSR count). The molecule has 2 aromatic rings. The second-order valence-corrected chi connectivity index (χ2v) is 5.92. The molecule has 1 heterocycles. The van der Waals surface area contributed by atoms with Gasteiger partial charge in [-0.25, -0.2) is 0 Å². The minimum Gasteiger partial charge on any atom is -0.372 e. The van der Waals surface area contributed by atoms with Crippen LogP contribution in [0.25, 0.3) is 0 Å². The van der Waals surface area contributed by atoms with Gasteiger partial charge in [-0.15, -0.1) is 0 Å². The molecule has 2 aromatic carbocycles. The summed E-state index contributed by atoms with van der Waals surface area (Å²) in [5, 5.41) is 0. The Bertz CT molecular complexity index is 667. The van der Waals surface area contributed by atoms with Crippen LogP contribution in [0.4, 0.5) is 13.2 Å². The molecule has 110 valence electrons. The van der Waals surface area contributed by atoms with E-state index in [-0.39, 0.29) is 4.83 Å². The zero-order valence-corrected chi connectivity index (χ0v) is 12.5. The SMILES string of the molecule is FC(F)(F)c1cccc(C(Br)c2ccc3c(c2)COC3)c1. The number of ether oxygens (including phenoxy) is 1. The van der Waals surface area contributed by atoms with Crippen molar-refractivity contribution in [1.82, 2.24) is 0 Å². The van der Waals surface area contributed by atoms with Crippen molar-refractivity contribution in [3.05, 3.63) is 70.3 Å². The highest BCUT2D eigenvalue weighted by molar-refractivity contribution is 9.09. The zero-order chi connectivity index (χ0) is 15.0. The number of rotatable bonds is 2. The topological polar surface area (TPSA) is 9.23 Å². The molecule has 0 N–H and O–H groups in total. The van der Waals surface area contributed by atoms with Crippen molar-refractivity contribution in [2.45, 2.75) is 24.2 Å². The van der Waals surface area contributed by atoms with Crippen molar-refractivity contribution < 1.29 is 17.9 Å². The van der Waals surface area contributed by atoms with E-state index in [0.29, 0.717) is 18.8 Å². The lowest BCUT2D eigenvalue weighted by molar-refractivity contribution is -0.137. The van der Waals surface area contributed by atoms with Crippen LogP contribution in [0.5, 0.6) is 0 Å². The molecule has 0 amide bonds. The molecule has 0 aromatic heterocycles. The summed E-state index contributed by atoms with van der Waals surface area (Å²) in [6, 6.07) is 11.3. The standard InChI is InChI=1S/C16H12BrF3O/c17-15(10-2-1-3-14(7-10)16(18,19)20)11-4-5-12-8-21-9-13(12)6-11/h1-7,15H,8-9H2. The van der Waals surface area contributed by atoms with E-state index >= 15 is 0 Å². The van der Waals surface area contributed by atoms with Gasteiger partial charge in [-0.3, -0.25) is 0 Å². The molecule has 0 spiro atoms. The third-order valence-corrected chi connectivity index (χ3v) is 4.60. The maximum atomic E-state index is 12.8. The first kappa shape index (κ1) is 14.6. The molecule has 0 fully saturated rings. The predicted octanol–water partition coefficient (Wildman–Crippen LogP) is 5.22. The fourth-order valence-corrected chi connectivity index (χ4v) is 2.98. The van der Waals surface area contributed by atoms with Gasteiger partial charge in [-0.05, 0) is 28.3 Å². The molecule has 21 heavy (non-hydrogen) atoms. The van der Waals surface area contributed by atoms with Crippen LogP contribution in [0, 0.1) is 0 Å². The van der Waals surface area contributed by atoms with Gasteiger partial charge in [-0.2, -0.15) is 13.2 Å². The lowest BCUT2D eigenvalue weighted by atomic mass is 9.99. The normalized spacial score (nSPS) is 15.8. The monoisotopic (exact) mass is 356 g/mol. The summed E-state index contributed by atoms with van der Waals surface area (Å²) in [4.78, 5) is -0.273. The quantitative estimate of drug-likeness (QED) is 0.670. The highest BCUT2D eigenvalue weighted by Gasteiger charge is 2.31. The maximum absolute atomic E-state index is 12.8. The van der Waals surface area contributed by atoms with Crippen LogP contribution in [-0.4, -0.2) is 0 Å². The number of benzene rings is 2. The van der Waals surface area contributed by atoms with Gasteiger partial charge in [0.2, 0.25) is 0 Å². The summed E-state index contributed by atoms with van der Waals surface area (Å²) >= 11 is 3.50. The van der Waals surface area contributed by atoms with E-state index in [9.17, 15) is 13.2 Å². The Morgan fingerprint density at radius 3 is 2.43 bits per heavy atom. The van der Waals surface area contributed by atoms with E-state index < -0.39 is 11.7 Å². The Labute approximate surface area is 128 Å². The van der Waals surface area contributed by atoms with Gasteiger partial charge in [0, 0.05) is 0 Å². The third-order valence-electron chi connectivity index (χ3n) is 3.54. The van der Waals surface area contributed by atoms with Crippen molar-refractivity contribution in [2.24, 2.45) is 0 Å². The average molecular weight is 357 g/mol. The van der Waals surface area contributed by atoms with E-state index in [0.717, 1.165) is 22.8 Å². The number of hydrogen-bond donors (Lipinski definition) is 0. The van der Waals surface area contributed by atoms with Crippen LogP contribution < -0.4 is 0 Å². The molecule has 5 heteroatoms. The first-order valence-electron chi connectivity index (χ1n) is 6.46. The number of alkyl halides is 4. The van der Waals surface area contributed by atoms with Crippen LogP contribution in [0.2, 0.25) is 0 Å².